The van der Waals surface area contributed by atoms with Crippen LogP contribution in [0.2, 0.25) is 0 Å². The Morgan fingerprint density at radius 2 is 1.30 bits per heavy atom. The fraction of sp³-hybridized carbons (Fsp3) is 0.241. The van der Waals surface area contributed by atoms with Crippen molar-refractivity contribution in [1.29, 1.82) is 0 Å². The van der Waals surface area contributed by atoms with Gasteiger partial charge in [-0.2, -0.15) is 0 Å². The van der Waals surface area contributed by atoms with Gasteiger partial charge in [-0.1, -0.05) is 98.1 Å². The monoisotopic (exact) mass is 392 g/mol. The van der Waals surface area contributed by atoms with Gasteiger partial charge >= 0.3 is 0 Å². The first-order valence-corrected chi connectivity index (χ1v) is 11.2. The van der Waals surface area contributed by atoms with Crippen molar-refractivity contribution < 1.29 is 4.74 Å². The van der Waals surface area contributed by atoms with Gasteiger partial charge in [0.05, 0.1) is 0 Å². The van der Waals surface area contributed by atoms with Crippen LogP contribution in [0.25, 0.3) is 21.9 Å². The summed E-state index contributed by atoms with van der Waals surface area (Å²) in [6.07, 6.45) is 6.88. The fourth-order valence-corrected chi connectivity index (χ4v) is 4.60. The van der Waals surface area contributed by atoms with E-state index in [9.17, 15) is 0 Å². The van der Waals surface area contributed by atoms with E-state index in [0.29, 0.717) is 6.61 Å². The largest absolute Gasteiger partial charge is 0.489 e. The highest BCUT2D eigenvalue weighted by molar-refractivity contribution is 5.83. The molecule has 150 valence electrons. The zero-order valence-corrected chi connectivity index (χ0v) is 17.4. The summed E-state index contributed by atoms with van der Waals surface area (Å²) < 4.78 is 6.03. The fourth-order valence-electron chi connectivity index (χ4n) is 4.60. The van der Waals surface area contributed by atoms with Gasteiger partial charge in [-0.25, -0.2) is 0 Å². The summed E-state index contributed by atoms with van der Waals surface area (Å²) in [4.78, 5) is 0. The summed E-state index contributed by atoms with van der Waals surface area (Å²) in [7, 11) is 0. The summed E-state index contributed by atoms with van der Waals surface area (Å²) in [6.45, 7) is 0.583. The Kier molecular flexibility index (Phi) is 5.52. The van der Waals surface area contributed by atoms with Crippen molar-refractivity contribution in [3.05, 3.63) is 102 Å². The molecule has 0 unspecified atom stereocenters. The van der Waals surface area contributed by atoms with Gasteiger partial charge in [0.15, 0.2) is 0 Å². The van der Waals surface area contributed by atoms with Crippen molar-refractivity contribution in [2.24, 2.45) is 0 Å². The number of benzene rings is 4. The molecule has 1 saturated carbocycles. The molecule has 1 nitrogen and oxygen atoms in total. The standard InChI is InChI=1S/C29H28O/c1-2-6-23(7-3-1)26-14-16-27(17-15-26)25-12-10-22(11-13-25)21-30-29-19-18-24-8-4-5-9-28(24)20-29/h4-5,8-20,23H,1-3,6-7,21H2. The average Bonchev–Trinajstić information content (AvgIpc) is 2.84. The van der Waals surface area contributed by atoms with Gasteiger partial charge in [-0.15, -0.1) is 0 Å². The van der Waals surface area contributed by atoms with Crippen LogP contribution >= 0.6 is 0 Å². The first kappa shape index (κ1) is 18.9. The Morgan fingerprint density at radius 3 is 2.03 bits per heavy atom. The van der Waals surface area contributed by atoms with Crippen LogP contribution in [-0.4, -0.2) is 0 Å². The lowest BCUT2D eigenvalue weighted by molar-refractivity contribution is 0.306. The van der Waals surface area contributed by atoms with Gasteiger partial charge in [-0.3, -0.25) is 0 Å². The van der Waals surface area contributed by atoms with Crippen LogP contribution in [0.15, 0.2) is 91.0 Å². The first-order valence-electron chi connectivity index (χ1n) is 11.2. The van der Waals surface area contributed by atoms with Crippen molar-refractivity contribution in [1.82, 2.24) is 0 Å². The molecule has 5 rings (SSSR count). The van der Waals surface area contributed by atoms with Gasteiger partial charge < -0.3 is 4.74 Å². The minimum absolute atomic E-state index is 0.583. The molecule has 0 aromatic heterocycles. The van der Waals surface area contributed by atoms with Crippen LogP contribution in [0.5, 0.6) is 5.75 Å². The molecule has 0 bridgehead atoms. The molecule has 1 aliphatic rings. The summed E-state index contributed by atoms with van der Waals surface area (Å²) in [5, 5.41) is 2.45. The van der Waals surface area contributed by atoms with Gasteiger partial charge in [0, 0.05) is 0 Å². The van der Waals surface area contributed by atoms with E-state index in [0.717, 1.165) is 11.7 Å². The molecule has 0 spiro atoms. The van der Waals surface area contributed by atoms with E-state index >= 15 is 0 Å². The second kappa shape index (κ2) is 8.75. The third-order valence-electron chi connectivity index (χ3n) is 6.40. The van der Waals surface area contributed by atoms with Crippen molar-refractivity contribution in [3.8, 4) is 16.9 Å². The van der Waals surface area contributed by atoms with E-state index in [1.54, 1.807) is 0 Å². The molecule has 1 fully saturated rings. The highest BCUT2D eigenvalue weighted by Crippen LogP contribution is 2.33. The van der Waals surface area contributed by atoms with Crippen LogP contribution in [-0.2, 0) is 6.61 Å². The second-order valence-corrected chi connectivity index (χ2v) is 8.45. The molecule has 0 radical (unpaired) electrons. The minimum Gasteiger partial charge on any atom is -0.489 e. The molecular formula is C29H28O. The third-order valence-corrected chi connectivity index (χ3v) is 6.40. The summed E-state index contributed by atoms with van der Waals surface area (Å²) in [6, 6.07) is 32.6. The quantitative estimate of drug-likeness (QED) is 0.333. The summed E-state index contributed by atoms with van der Waals surface area (Å²) >= 11 is 0. The van der Waals surface area contributed by atoms with E-state index in [1.165, 1.54) is 65.1 Å². The zero-order valence-electron chi connectivity index (χ0n) is 17.4. The third kappa shape index (κ3) is 4.26. The maximum Gasteiger partial charge on any atom is 0.120 e. The molecule has 0 amide bonds. The molecule has 0 aliphatic heterocycles. The van der Waals surface area contributed by atoms with Gasteiger partial charge in [-0.05, 0) is 63.9 Å². The van der Waals surface area contributed by atoms with E-state index in [4.69, 9.17) is 4.74 Å². The second-order valence-electron chi connectivity index (χ2n) is 8.45. The number of rotatable bonds is 5. The number of hydrogen-bond donors (Lipinski definition) is 0. The topological polar surface area (TPSA) is 9.23 Å². The normalized spacial score (nSPS) is 14.7. The minimum atomic E-state index is 0.583. The molecule has 0 N–H and O–H groups in total. The van der Waals surface area contributed by atoms with Crippen LogP contribution < -0.4 is 4.74 Å². The molecule has 1 heteroatoms. The van der Waals surface area contributed by atoms with Crippen LogP contribution in [0.3, 0.4) is 0 Å². The van der Waals surface area contributed by atoms with Crippen LogP contribution in [0, 0.1) is 0 Å². The van der Waals surface area contributed by atoms with E-state index < -0.39 is 0 Å². The Labute approximate surface area is 179 Å². The van der Waals surface area contributed by atoms with Gasteiger partial charge in [0.1, 0.15) is 12.4 Å². The van der Waals surface area contributed by atoms with Crippen LogP contribution in [0.1, 0.15) is 49.1 Å². The Hall–Kier alpha value is -3.06. The molecular weight excluding hydrogens is 364 g/mol. The molecule has 0 atom stereocenters. The molecule has 30 heavy (non-hydrogen) atoms. The molecule has 0 heterocycles. The van der Waals surface area contributed by atoms with E-state index in [-0.39, 0.29) is 0 Å². The number of hydrogen-bond acceptors (Lipinski definition) is 1. The SMILES string of the molecule is c1ccc2cc(OCc3ccc(-c4ccc(C5CCCCC5)cc4)cc3)ccc2c1. The lowest BCUT2D eigenvalue weighted by Gasteiger charge is -2.22. The Bertz CT molecular complexity index is 1100. The first-order chi connectivity index (χ1) is 14.8. The molecule has 4 aromatic rings. The van der Waals surface area contributed by atoms with Gasteiger partial charge in [0.2, 0.25) is 0 Å². The van der Waals surface area contributed by atoms with Crippen LogP contribution in [0.4, 0.5) is 0 Å². The van der Waals surface area contributed by atoms with Crippen molar-refractivity contribution in [2.75, 3.05) is 0 Å². The Balaban J connectivity index is 1.23. The molecule has 0 saturated heterocycles. The highest BCUT2D eigenvalue weighted by Gasteiger charge is 2.15. The lowest BCUT2D eigenvalue weighted by Crippen LogP contribution is -2.04. The van der Waals surface area contributed by atoms with Gasteiger partial charge in [0.25, 0.3) is 0 Å². The van der Waals surface area contributed by atoms with E-state index in [1.807, 2.05) is 6.07 Å². The number of ether oxygens (including phenoxy) is 1. The zero-order chi connectivity index (χ0) is 20.2. The molecule has 4 aromatic carbocycles. The maximum atomic E-state index is 6.03. The summed E-state index contributed by atoms with van der Waals surface area (Å²) in [5.41, 5.74) is 5.25. The highest BCUT2D eigenvalue weighted by atomic mass is 16.5. The van der Waals surface area contributed by atoms with E-state index in [2.05, 4.69) is 84.9 Å². The lowest BCUT2D eigenvalue weighted by atomic mass is 9.84. The predicted octanol–water partition coefficient (Wildman–Crippen LogP) is 8.13. The van der Waals surface area contributed by atoms with Crippen molar-refractivity contribution in [3.63, 3.8) is 0 Å². The summed E-state index contributed by atoms with van der Waals surface area (Å²) in [5.74, 6) is 1.68. The van der Waals surface area contributed by atoms with Crippen molar-refractivity contribution >= 4 is 10.8 Å². The van der Waals surface area contributed by atoms with Crippen molar-refractivity contribution in [2.45, 2.75) is 44.6 Å². The smallest absolute Gasteiger partial charge is 0.120 e. The predicted molar refractivity (Wildman–Crippen MR) is 126 cm³/mol. The average molecular weight is 393 g/mol. The Morgan fingerprint density at radius 1 is 0.633 bits per heavy atom. The molecule has 1 aliphatic carbocycles. The number of fused-ring (bicyclic) bond motifs is 1. The maximum absolute atomic E-state index is 6.03.